The molecule has 1 rings (SSSR count). The van der Waals surface area contributed by atoms with Gasteiger partial charge in [-0.25, -0.2) is 4.79 Å². The summed E-state index contributed by atoms with van der Waals surface area (Å²) in [6.45, 7) is 4.30. The van der Waals surface area contributed by atoms with Gasteiger partial charge in [-0.15, -0.1) is 0 Å². The zero-order valence-corrected chi connectivity index (χ0v) is 11.7. The Balaban J connectivity index is 3.14. The van der Waals surface area contributed by atoms with Crippen LogP contribution in [0, 0.1) is 0 Å². The molecular formula is C13H18N2O4. The molecule has 1 aromatic rings. The molecule has 0 fully saturated rings. The summed E-state index contributed by atoms with van der Waals surface area (Å²) in [6.07, 6.45) is 1.55. The first kappa shape index (κ1) is 14.9. The lowest BCUT2D eigenvalue weighted by Gasteiger charge is -2.31. The van der Waals surface area contributed by atoms with E-state index >= 15 is 0 Å². The molecule has 0 atom stereocenters. The fourth-order valence-corrected chi connectivity index (χ4v) is 1.54. The summed E-state index contributed by atoms with van der Waals surface area (Å²) in [5.41, 5.74) is -0.619. The average Bonchev–Trinajstić information content (AvgIpc) is 2.69. The maximum absolute atomic E-state index is 12.3. The first-order valence-electron chi connectivity index (χ1n) is 5.78. The number of rotatable bonds is 4. The van der Waals surface area contributed by atoms with Gasteiger partial charge in [-0.3, -0.25) is 9.59 Å². The SMILES string of the molecule is CC(=O)c1cc(C(=O)N(C)C(C)(C)C(=O)O)n(C)c1. The minimum absolute atomic E-state index is 0.144. The van der Waals surface area contributed by atoms with Crippen LogP contribution >= 0.6 is 0 Å². The average molecular weight is 266 g/mol. The molecule has 6 heteroatoms. The molecular weight excluding hydrogens is 248 g/mol. The number of aryl methyl sites for hydroxylation is 1. The fourth-order valence-electron chi connectivity index (χ4n) is 1.54. The normalized spacial score (nSPS) is 11.2. The highest BCUT2D eigenvalue weighted by Gasteiger charge is 2.36. The molecule has 6 nitrogen and oxygen atoms in total. The van der Waals surface area contributed by atoms with Gasteiger partial charge in [-0.2, -0.15) is 0 Å². The molecule has 0 saturated carbocycles. The molecule has 104 valence electrons. The predicted molar refractivity (Wildman–Crippen MR) is 69.2 cm³/mol. The van der Waals surface area contributed by atoms with Crippen LogP contribution in [0.25, 0.3) is 0 Å². The molecule has 0 aliphatic carbocycles. The zero-order chi connectivity index (χ0) is 15.0. The lowest BCUT2D eigenvalue weighted by atomic mass is 10.0. The van der Waals surface area contributed by atoms with E-state index in [0.29, 0.717) is 5.56 Å². The fraction of sp³-hybridized carbons (Fsp3) is 0.462. The van der Waals surface area contributed by atoms with Crippen LogP contribution in [0.4, 0.5) is 0 Å². The van der Waals surface area contributed by atoms with Crippen molar-refractivity contribution in [3.63, 3.8) is 0 Å². The summed E-state index contributed by atoms with van der Waals surface area (Å²) < 4.78 is 1.52. The van der Waals surface area contributed by atoms with E-state index < -0.39 is 17.4 Å². The largest absolute Gasteiger partial charge is 0.480 e. The van der Waals surface area contributed by atoms with E-state index in [1.54, 1.807) is 13.2 Å². The Labute approximate surface area is 111 Å². The van der Waals surface area contributed by atoms with Crippen LogP contribution in [-0.4, -0.2) is 44.8 Å². The molecule has 0 bridgehead atoms. The van der Waals surface area contributed by atoms with Crippen molar-refractivity contribution in [2.24, 2.45) is 7.05 Å². The minimum Gasteiger partial charge on any atom is -0.480 e. The number of hydrogen-bond acceptors (Lipinski definition) is 3. The van der Waals surface area contributed by atoms with Crippen molar-refractivity contribution in [3.8, 4) is 0 Å². The number of ketones is 1. The lowest BCUT2D eigenvalue weighted by Crippen LogP contribution is -2.51. The smallest absolute Gasteiger partial charge is 0.329 e. The van der Waals surface area contributed by atoms with Crippen molar-refractivity contribution >= 4 is 17.7 Å². The number of hydrogen-bond donors (Lipinski definition) is 1. The number of nitrogens with zero attached hydrogens (tertiary/aromatic N) is 2. The third kappa shape index (κ3) is 2.67. The minimum atomic E-state index is -1.32. The molecule has 1 N–H and O–H groups in total. The molecule has 0 unspecified atom stereocenters. The molecule has 1 heterocycles. The van der Waals surface area contributed by atoms with Gasteiger partial charge >= 0.3 is 5.97 Å². The van der Waals surface area contributed by atoms with Crippen LogP contribution in [0.2, 0.25) is 0 Å². The molecule has 0 aliphatic rings. The van der Waals surface area contributed by atoms with E-state index in [-0.39, 0.29) is 11.5 Å². The first-order valence-corrected chi connectivity index (χ1v) is 5.78. The third-order valence-corrected chi connectivity index (χ3v) is 3.30. The molecule has 1 aromatic heterocycles. The second kappa shape index (κ2) is 4.87. The van der Waals surface area contributed by atoms with Gasteiger partial charge in [0.25, 0.3) is 5.91 Å². The van der Waals surface area contributed by atoms with Crippen molar-refractivity contribution in [1.29, 1.82) is 0 Å². The van der Waals surface area contributed by atoms with Crippen molar-refractivity contribution in [1.82, 2.24) is 9.47 Å². The van der Waals surface area contributed by atoms with Crippen molar-refractivity contribution < 1.29 is 19.5 Å². The van der Waals surface area contributed by atoms with Crippen LogP contribution in [-0.2, 0) is 11.8 Å². The highest BCUT2D eigenvalue weighted by molar-refractivity contribution is 6.00. The van der Waals surface area contributed by atoms with E-state index in [9.17, 15) is 14.4 Å². The molecule has 1 amide bonds. The van der Waals surface area contributed by atoms with Gasteiger partial charge in [-0.05, 0) is 26.8 Å². The Hall–Kier alpha value is -2.11. The summed E-state index contributed by atoms with van der Waals surface area (Å²) in [4.78, 5) is 35.8. The number of aliphatic carboxylic acids is 1. The third-order valence-electron chi connectivity index (χ3n) is 3.30. The quantitative estimate of drug-likeness (QED) is 0.829. The Bertz CT molecular complexity index is 543. The van der Waals surface area contributed by atoms with E-state index in [4.69, 9.17) is 5.11 Å². The maximum atomic E-state index is 12.3. The zero-order valence-electron chi connectivity index (χ0n) is 11.7. The number of carboxylic acids is 1. The van der Waals surface area contributed by atoms with E-state index in [1.807, 2.05) is 0 Å². The molecule has 0 radical (unpaired) electrons. The van der Waals surface area contributed by atoms with Crippen LogP contribution < -0.4 is 0 Å². The number of Topliss-reactive ketones (excluding diaryl/α,β-unsaturated/α-hetero) is 1. The monoisotopic (exact) mass is 266 g/mol. The van der Waals surface area contributed by atoms with E-state index in [0.717, 1.165) is 4.90 Å². The summed E-state index contributed by atoms with van der Waals surface area (Å²) in [7, 11) is 3.07. The Kier molecular flexibility index (Phi) is 3.83. The van der Waals surface area contributed by atoms with Gasteiger partial charge in [0.1, 0.15) is 11.2 Å². The first-order chi connectivity index (χ1) is 8.59. The van der Waals surface area contributed by atoms with Gasteiger partial charge < -0.3 is 14.6 Å². The predicted octanol–water partition coefficient (Wildman–Crippen LogP) is 1.16. The number of carboxylic acid groups (broad SMARTS) is 1. The molecule has 0 aliphatic heterocycles. The molecule has 0 saturated heterocycles. The second-order valence-corrected chi connectivity index (χ2v) is 5.01. The van der Waals surface area contributed by atoms with Crippen LogP contribution in [0.15, 0.2) is 12.3 Å². The molecule has 0 aromatic carbocycles. The molecule has 19 heavy (non-hydrogen) atoms. The van der Waals surface area contributed by atoms with Gasteiger partial charge in [0.05, 0.1) is 0 Å². The van der Waals surface area contributed by atoms with Gasteiger partial charge in [-0.1, -0.05) is 0 Å². The standard InChI is InChI=1S/C13H18N2O4/c1-8(16)9-6-10(14(4)7-9)11(17)15(5)13(2,3)12(18)19/h6-7H,1-5H3,(H,18,19). The second-order valence-electron chi connectivity index (χ2n) is 5.01. The highest BCUT2D eigenvalue weighted by Crippen LogP contribution is 2.18. The summed E-state index contributed by atoms with van der Waals surface area (Å²) in [6, 6.07) is 1.47. The van der Waals surface area contributed by atoms with E-state index in [1.165, 1.54) is 38.5 Å². The van der Waals surface area contributed by atoms with Crippen molar-refractivity contribution in [2.45, 2.75) is 26.3 Å². The van der Waals surface area contributed by atoms with Crippen LogP contribution in [0.1, 0.15) is 41.6 Å². The number of amides is 1. The van der Waals surface area contributed by atoms with Crippen LogP contribution in [0.5, 0.6) is 0 Å². The Morgan fingerprint density at radius 2 is 1.84 bits per heavy atom. The van der Waals surface area contributed by atoms with Gasteiger partial charge in [0.15, 0.2) is 5.78 Å². The van der Waals surface area contributed by atoms with Crippen LogP contribution in [0.3, 0.4) is 0 Å². The Morgan fingerprint density at radius 1 is 1.32 bits per heavy atom. The van der Waals surface area contributed by atoms with Crippen molar-refractivity contribution in [2.75, 3.05) is 7.05 Å². The number of carbonyl (C=O) groups excluding carboxylic acids is 2. The van der Waals surface area contributed by atoms with Crippen molar-refractivity contribution in [3.05, 3.63) is 23.5 Å². The number of aromatic nitrogens is 1. The highest BCUT2D eigenvalue weighted by atomic mass is 16.4. The topological polar surface area (TPSA) is 79.6 Å². The van der Waals surface area contributed by atoms with E-state index in [2.05, 4.69) is 0 Å². The summed E-state index contributed by atoms with van der Waals surface area (Å²) >= 11 is 0. The Morgan fingerprint density at radius 3 is 2.21 bits per heavy atom. The summed E-state index contributed by atoms with van der Waals surface area (Å²) in [5, 5.41) is 9.12. The van der Waals surface area contributed by atoms with Gasteiger partial charge in [0.2, 0.25) is 0 Å². The number of carbonyl (C=O) groups is 3. The van der Waals surface area contributed by atoms with Gasteiger partial charge in [0, 0.05) is 25.9 Å². The lowest BCUT2D eigenvalue weighted by molar-refractivity contribution is -0.147. The maximum Gasteiger partial charge on any atom is 0.329 e. The summed E-state index contributed by atoms with van der Waals surface area (Å²) in [5.74, 6) is -1.68. The number of likely N-dealkylation sites (N-methyl/N-ethyl adjacent to an activating group) is 1. The molecule has 0 spiro atoms.